The second-order valence-electron chi connectivity index (χ2n) is 5.98. The fourth-order valence-electron chi connectivity index (χ4n) is 2.48. The fourth-order valence-corrected chi connectivity index (χ4v) is 2.48. The molecule has 0 amide bonds. The number of hydrogen-bond donors (Lipinski definition) is 1. The predicted molar refractivity (Wildman–Crippen MR) is 84.3 cm³/mol. The summed E-state index contributed by atoms with van der Waals surface area (Å²) in [6.07, 6.45) is 3.03. The smallest absolute Gasteiger partial charge is 0.228 e. The van der Waals surface area contributed by atoms with E-state index in [0.29, 0.717) is 11.9 Å². The van der Waals surface area contributed by atoms with Crippen molar-refractivity contribution in [3.63, 3.8) is 0 Å². The highest BCUT2D eigenvalue weighted by Crippen LogP contribution is 2.29. The van der Waals surface area contributed by atoms with Gasteiger partial charge in [-0.1, -0.05) is 48.8 Å². The molecule has 0 aliphatic rings. The molecule has 1 atom stereocenters. The van der Waals surface area contributed by atoms with Gasteiger partial charge in [0.1, 0.15) is 0 Å². The van der Waals surface area contributed by atoms with Crippen molar-refractivity contribution in [3.05, 3.63) is 47.6 Å². The van der Waals surface area contributed by atoms with Gasteiger partial charge in [0.25, 0.3) is 0 Å². The molecule has 4 nitrogen and oxygen atoms in total. The zero-order chi connectivity index (χ0) is 15.3. The molecule has 1 unspecified atom stereocenters. The molecule has 0 aliphatic heterocycles. The van der Waals surface area contributed by atoms with E-state index in [1.165, 1.54) is 5.56 Å². The van der Waals surface area contributed by atoms with Crippen LogP contribution in [0, 0.1) is 0 Å². The van der Waals surface area contributed by atoms with E-state index in [1.807, 2.05) is 25.2 Å². The van der Waals surface area contributed by atoms with Gasteiger partial charge < -0.3 is 9.84 Å². The van der Waals surface area contributed by atoms with Gasteiger partial charge in [-0.15, -0.1) is 0 Å². The highest BCUT2D eigenvalue weighted by Gasteiger charge is 2.29. The Morgan fingerprint density at radius 2 is 1.95 bits per heavy atom. The molecule has 0 fully saturated rings. The summed E-state index contributed by atoms with van der Waals surface area (Å²) in [5.41, 5.74) is 0.944. The van der Waals surface area contributed by atoms with Gasteiger partial charge in [0.2, 0.25) is 5.89 Å². The molecule has 0 radical (unpaired) electrons. The van der Waals surface area contributed by atoms with Gasteiger partial charge >= 0.3 is 0 Å². The van der Waals surface area contributed by atoms with Crippen LogP contribution in [0.15, 0.2) is 34.9 Å². The standard InChI is InChI=1S/C17H25N3O/c1-5-9-14(18-4)12-15-19-16(20-21-15)17(2,3)13-10-7-6-8-11-13/h6-8,10-11,14,18H,5,9,12H2,1-4H3. The molecular weight excluding hydrogens is 262 g/mol. The number of nitrogens with zero attached hydrogens (tertiary/aromatic N) is 2. The Balaban J connectivity index is 2.15. The van der Waals surface area contributed by atoms with Crippen molar-refractivity contribution in [2.75, 3.05) is 7.05 Å². The van der Waals surface area contributed by atoms with E-state index in [2.05, 4.69) is 48.4 Å². The molecule has 4 heteroatoms. The van der Waals surface area contributed by atoms with Crippen LogP contribution < -0.4 is 5.32 Å². The molecular formula is C17H25N3O. The molecule has 0 saturated heterocycles. The Morgan fingerprint density at radius 1 is 1.24 bits per heavy atom. The van der Waals surface area contributed by atoms with E-state index < -0.39 is 0 Å². The zero-order valence-electron chi connectivity index (χ0n) is 13.4. The average Bonchev–Trinajstić information content (AvgIpc) is 2.97. The lowest BCUT2D eigenvalue weighted by Crippen LogP contribution is -2.27. The summed E-state index contributed by atoms with van der Waals surface area (Å²) in [4.78, 5) is 4.61. The predicted octanol–water partition coefficient (Wildman–Crippen LogP) is 3.33. The summed E-state index contributed by atoms with van der Waals surface area (Å²) in [5.74, 6) is 1.46. The largest absolute Gasteiger partial charge is 0.339 e. The van der Waals surface area contributed by atoms with Gasteiger partial charge in [0.15, 0.2) is 5.82 Å². The van der Waals surface area contributed by atoms with Crippen molar-refractivity contribution in [2.45, 2.75) is 51.5 Å². The first-order valence-corrected chi connectivity index (χ1v) is 7.63. The van der Waals surface area contributed by atoms with E-state index >= 15 is 0 Å². The molecule has 21 heavy (non-hydrogen) atoms. The molecule has 0 spiro atoms. The second kappa shape index (κ2) is 6.85. The summed E-state index contributed by atoms with van der Waals surface area (Å²) in [6.45, 7) is 6.43. The minimum atomic E-state index is -0.247. The third-order valence-corrected chi connectivity index (χ3v) is 3.99. The van der Waals surface area contributed by atoms with Crippen LogP contribution in [0.4, 0.5) is 0 Å². The van der Waals surface area contributed by atoms with Crippen LogP contribution in [0.2, 0.25) is 0 Å². The minimum absolute atomic E-state index is 0.247. The van der Waals surface area contributed by atoms with Gasteiger partial charge in [-0.2, -0.15) is 4.98 Å². The Hall–Kier alpha value is -1.68. The Labute approximate surface area is 127 Å². The van der Waals surface area contributed by atoms with Crippen molar-refractivity contribution in [1.29, 1.82) is 0 Å². The topological polar surface area (TPSA) is 51.0 Å². The van der Waals surface area contributed by atoms with E-state index in [0.717, 1.165) is 25.1 Å². The van der Waals surface area contributed by atoms with Crippen molar-refractivity contribution in [2.24, 2.45) is 0 Å². The lowest BCUT2D eigenvalue weighted by atomic mass is 9.84. The number of likely N-dealkylation sites (N-methyl/N-ethyl adjacent to an activating group) is 1. The van der Waals surface area contributed by atoms with Gasteiger partial charge in [-0.3, -0.25) is 0 Å². The third-order valence-electron chi connectivity index (χ3n) is 3.99. The highest BCUT2D eigenvalue weighted by atomic mass is 16.5. The fraction of sp³-hybridized carbons (Fsp3) is 0.529. The highest BCUT2D eigenvalue weighted by molar-refractivity contribution is 5.30. The molecule has 1 aromatic carbocycles. The second-order valence-corrected chi connectivity index (χ2v) is 5.98. The Kier molecular flexibility index (Phi) is 5.12. The molecule has 1 aromatic heterocycles. The Bertz CT molecular complexity index is 548. The molecule has 114 valence electrons. The number of nitrogens with one attached hydrogen (secondary N) is 1. The molecule has 0 aliphatic carbocycles. The van der Waals surface area contributed by atoms with Crippen LogP contribution in [0.5, 0.6) is 0 Å². The van der Waals surface area contributed by atoms with Crippen LogP contribution in [-0.4, -0.2) is 23.2 Å². The van der Waals surface area contributed by atoms with Crippen LogP contribution >= 0.6 is 0 Å². The first-order chi connectivity index (χ1) is 10.1. The first-order valence-electron chi connectivity index (χ1n) is 7.63. The molecule has 0 saturated carbocycles. The van der Waals surface area contributed by atoms with E-state index in [4.69, 9.17) is 4.52 Å². The van der Waals surface area contributed by atoms with E-state index in [9.17, 15) is 0 Å². The van der Waals surface area contributed by atoms with Crippen LogP contribution in [0.25, 0.3) is 0 Å². The SMILES string of the molecule is CCCC(Cc1nc(C(C)(C)c2ccccc2)no1)NC. The summed E-state index contributed by atoms with van der Waals surface area (Å²) in [6, 6.07) is 10.7. The summed E-state index contributed by atoms with van der Waals surface area (Å²) in [7, 11) is 1.98. The van der Waals surface area contributed by atoms with Crippen LogP contribution in [-0.2, 0) is 11.8 Å². The minimum Gasteiger partial charge on any atom is -0.339 e. The normalized spacial score (nSPS) is 13.3. The summed E-state index contributed by atoms with van der Waals surface area (Å²) in [5, 5.41) is 7.50. The number of rotatable bonds is 7. The monoisotopic (exact) mass is 287 g/mol. The van der Waals surface area contributed by atoms with Crippen molar-refractivity contribution in [3.8, 4) is 0 Å². The van der Waals surface area contributed by atoms with E-state index in [1.54, 1.807) is 0 Å². The van der Waals surface area contributed by atoms with Crippen LogP contribution in [0.3, 0.4) is 0 Å². The van der Waals surface area contributed by atoms with Crippen molar-refractivity contribution >= 4 is 0 Å². The first kappa shape index (κ1) is 15.7. The zero-order valence-corrected chi connectivity index (χ0v) is 13.4. The van der Waals surface area contributed by atoms with E-state index in [-0.39, 0.29) is 5.41 Å². The molecule has 1 heterocycles. The molecule has 2 aromatic rings. The number of hydrogen-bond acceptors (Lipinski definition) is 4. The Morgan fingerprint density at radius 3 is 2.57 bits per heavy atom. The van der Waals surface area contributed by atoms with Crippen molar-refractivity contribution < 1.29 is 4.52 Å². The maximum Gasteiger partial charge on any atom is 0.228 e. The van der Waals surface area contributed by atoms with Crippen molar-refractivity contribution in [1.82, 2.24) is 15.5 Å². The lowest BCUT2D eigenvalue weighted by molar-refractivity contribution is 0.347. The lowest BCUT2D eigenvalue weighted by Gasteiger charge is -2.20. The summed E-state index contributed by atoms with van der Waals surface area (Å²) < 4.78 is 5.45. The quantitative estimate of drug-likeness (QED) is 0.848. The summed E-state index contributed by atoms with van der Waals surface area (Å²) >= 11 is 0. The number of benzene rings is 1. The molecule has 1 N–H and O–H groups in total. The maximum absolute atomic E-state index is 5.45. The van der Waals surface area contributed by atoms with Gasteiger partial charge in [-0.05, 0) is 32.9 Å². The average molecular weight is 287 g/mol. The third kappa shape index (κ3) is 3.70. The molecule has 0 bridgehead atoms. The van der Waals surface area contributed by atoms with Crippen LogP contribution in [0.1, 0.15) is 50.9 Å². The van der Waals surface area contributed by atoms with Gasteiger partial charge in [0.05, 0.1) is 5.41 Å². The number of aromatic nitrogens is 2. The van der Waals surface area contributed by atoms with Gasteiger partial charge in [-0.25, -0.2) is 0 Å². The van der Waals surface area contributed by atoms with Gasteiger partial charge in [0, 0.05) is 12.5 Å². The maximum atomic E-state index is 5.45. The molecule has 2 rings (SSSR count).